The Labute approximate surface area is 89.3 Å². The summed E-state index contributed by atoms with van der Waals surface area (Å²) >= 11 is 5.96. The Morgan fingerprint density at radius 1 is 1.36 bits per heavy atom. The van der Waals surface area contributed by atoms with E-state index in [1.807, 2.05) is 7.05 Å². The average molecular weight is 216 g/mol. The highest BCUT2D eigenvalue weighted by molar-refractivity contribution is 6.31. The van der Waals surface area contributed by atoms with Crippen LogP contribution in [0.5, 0.6) is 0 Å². The minimum atomic E-state index is -0.289. The van der Waals surface area contributed by atoms with E-state index in [1.165, 1.54) is 12.1 Å². The minimum absolute atomic E-state index is 0.271. The third-order valence-electron chi connectivity index (χ3n) is 2.66. The number of hydrogen-bond acceptors (Lipinski definition) is 1. The molecule has 3 heteroatoms. The fraction of sp³-hybridized carbons (Fsp3) is 0.455. The molecule has 1 rings (SSSR count). The van der Waals surface area contributed by atoms with E-state index in [-0.39, 0.29) is 11.7 Å². The van der Waals surface area contributed by atoms with Crippen LogP contribution in [0.1, 0.15) is 25.3 Å². The van der Waals surface area contributed by atoms with Crippen molar-refractivity contribution in [3.8, 4) is 0 Å². The summed E-state index contributed by atoms with van der Waals surface area (Å²) in [4.78, 5) is 0. The molecule has 78 valence electrons. The fourth-order valence-corrected chi connectivity index (χ4v) is 1.73. The molecular formula is C11H15ClFN. The first-order valence-corrected chi connectivity index (χ1v) is 5.06. The van der Waals surface area contributed by atoms with E-state index in [0.717, 1.165) is 5.56 Å². The summed E-state index contributed by atoms with van der Waals surface area (Å²) in [7, 11) is 1.90. The van der Waals surface area contributed by atoms with E-state index in [2.05, 4.69) is 19.2 Å². The van der Waals surface area contributed by atoms with Gasteiger partial charge in [-0.15, -0.1) is 0 Å². The van der Waals surface area contributed by atoms with E-state index in [1.54, 1.807) is 6.07 Å². The summed E-state index contributed by atoms with van der Waals surface area (Å²) in [5.41, 5.74) is 0.981. The lowest BCUT2D eigenvalue weighted by Gasteiger charge is -2.20. The Hall–Kier alpha value is -0.600. The normalized spacial score (nSPS) is 15.2. The van der Waals surface area contributed by atoms with Crippen molar-refractivity contribution in [3.63, 3.8) is 0 Å². The standard InChI is InChI=1S/C11H15ClFN/c1-7(8(2)14-3)10-5-4-9(13)6-11(10)12/h4-8,14H,1-3H3. The van der Waals surface area contributed by atoms with Gasteiger partial charge in [0.25, 0.3) is 0 Å². The number of rotatable bonds is 3. The molecule has 1 aromatic rings. The summed E-state index contributed by atoms with van der Waals surface area (Å²) in [6.07, 6.45) is 0. The van der Waals surface area contributed by atoms with Gasteiger partial charge >= 0.3 is 0 Å². The van der Waals surface area contributed by atoms with Gasteiger partial charge in [0.05, 0.1) is 0 Å². The molecule has 0 aliphatic heterocycles. The first kappa shape index (κ1) is 11.5. The molecule has 0 bridgehead atoms. The van der Waals surface area contributed by atoms with Crippen molar-refractivity contribution in [2.75, 3.05) is 7.05 Å². The molecule has 0 fully saturated rings. The smallest absolute Gasteiger partial charge is 0.124 e. The van der Waals surface area contributed by atoms with E-state index in [0.29, 0.717) is 11.1 Å². The lowest BCUT2D eigenvalue weighted by Crippen LogP contribution is -2.27. The van der Waals surface area contributed by atoms with Gasteiger partial charge in [0.2, 0.25) is 0 Å². The zero-order valence-corrected chi connectivity index (χ0v) is 9.40. The number of likely N-dealkylation sites (N-methyl/N-ethyl adjacent to an activating group) is 1. The molecule has 0 heterocycles. The predicted molar refractivity (Wildman–Crippen MR) is 58.3 cm³/mol. The molecule has 0 radical (unpaired) electrons. The SMILES string of the molecule is CNC(C)C(C)c1ccc(F)cc1Cl. The van der Waals surface area contributed by atoms with Crippen LogP contribution in [0.2, 0.25) is 5.02 Å². The summed E-state index contributed by atoms with van der Waals surface area (Å²) in [5.74, 6) is -0.0174. The first-order chi connectivity index (χ1) is 6.56. The van der Waals surface area contributed by atoms with Gasteiger partial charge in [-0.1, -0.05) is 24.6 Å². The van der Waals surface area contributed by atoms with Gasteiger partial charge in [0.15, 0.2) is 0 Å². The quantitative estimate of drug-likeness (QED) is 0.817. The van der Waals surface area contributed by atoms with Crippen LogP contribution in [0.15, 0.2) is 18.2 Å². The second kappa shape index (κ2) is 4.76. The summed E-state index contributed by atoms with van der Waals surface area (Å²) < 4.78 is 12.8. The van der Waals surface area contributed by atoms with Gasteiger partial charge in [-0.2, -0.15) is 0 Å². The molecular weight excluding hydrogens is 201 g/mol. The molecule has 0 aliphatic carbocycles. The van der Waals surface area contributed by atoms with E-state index < -0.39 is 0 Å². The molecule has 1 N–H and O–H groups in total. The van der Waals surface area contributed by atoms with Crippen molar-refractivity contribution in [1.29, 1.82) is 0 Å². The fourth-order valence-electron chi connectivity index (χ4n) is 1.39. The van der Waals surface area contributed by atoms with Crippen LogP contribution in [0.4, 0.5) is 4.39 Å². The summed E-state index contributed by atoms with van der Waals surface area (Å²) in [6.45, 7) is 4.14. The van der Waals surface area contributed by atoms with Crippen LogP contribution in [-0.2, 0) is 0 Å². The van der Waals surface area contributed by atoms with Gasteiger partial charge in [-0.05, 0) is 37.6 Å². The van der Waals surface area contributed by atoms with Crippen LogP contribution in [-0.4, -0.2) is 13.1 Å². The van der Waals surface area contributed by atoms with Crippen LogP contribution < -0.4 is 5.32 Å². The number of hydrogen-bond donors (Lipinski definition) is 1. The molecule has 0 aromatic heterocycles. The van der Waals surface area contributed by atoms with Crippen molar-refractivity contribution in [2.45, 2.75) is 25.8 Å². The lowest BCUT2D eigenvalue weighted by molar-refractivity contribution is 0.523. The Balaban J connectivity index is 2.95. The molecule has 0 saturated heterocycles. The highest BCUT2D eigenvalue weighted by Gasteiger charge is 2.15. The second-order valence-electron chi connectivity index (χ2n) is 3.53. The number of benzene rings is 1. The maximum atomic E-state index is 12.8. The van der Waals surface area contributed by atoms with Crippen molar-refractivity contribution < 1.29 is 4.39 Å². The third-order valence-corrected chi connectivity index (χ3v) is 2.99. The molecule has 0 amide bonds. The molecule has 0 saturated carbocycles. The van der Waals surface area contributed by atoms with Gasteiger partial charge in [0.1, 0.15) is 5.82 Å². The topological polar surface area (TPSA) is 12.0 Å². The van der Waals surface area contributed by atoms with Crippen molar-refractivity contribution in [2.24, 2.45) is 0 Å². The first-order valence-electron chi connectivity index (χ1n) is 4.68. The van der Waals surface area contributed by atoms with Crippen LogP contribution in [0.3, 0.4) is 0 Å². The Kier molecular flexibility index (Phi) is 3.90. The molecule has 0 aliphatic rings. The number of halogens is 2. The summed E-state index contributed by atoms with van der Waals surface area (Å²) in [5, 5.41) is 3.65. The zero-order valence-electron chi connectivity index (χ0n) is 8.64. The van der Waals surface area contributed by atoms with Gasteiger partial charge in [0, 0.05) is 11.1 Å². The second-order valence-corrected chi connectivity index (χ2v) is 3.94. The average Bonchev–Trinajstić information content (AvgIpc) is 2.15. The maximum absolute atomic E-state index is 12.8. The van der Waals surface area contributed by atoms with Gasteiger partial charge < -0.3 is 5.32 Å². The van der Waals surface area contributed by atoms with E-state index >= 15 is 0 Å². The molecule has 2 atom stereocenters. The molecule has 1 aromatic carbocycles. The van der Waals surface area contributed by atoms with Gasteiger partial charge in [-0.3, -0.25) is 0 Å². The zero-order chi connectivity index (χ0) is 10.7. The van der Waals surface area contributed by atoms with Crippen LogP contribution in [0, 0.1) is 5.82 Å². The molecule has 1 nitrogen and oxygen atoms in total. The van der Waals surface area contributed by atoms with Crippen molar-refractivity contribution >= 4 is 11.6 Å². The Bertz CT molecular complexity index is 314. The van der Waals surface area contributed by atoms with E-state index in [4.69, 9.17) is 11.6 Å². The molecule has 0 spiro atoms. The molecule has 2 unspecified atom stereocenters. The van der Waals surface area contributed by atoms with Gasteiger partial charge in [-0.25, -0.2) is 4.39 Å². The predicted octanol–water partition coefficient (Wildman–Crippen LogP) is 3.19. The Morgan fingerprint density at radius 2 is 2.00 bits per heavy atom. The minimum Gasteiger partial charge on any atom is -0.317 e. The Morgan fingerprint density at radius 3 is 2.50 bits per heavy atom. The van der Waals surface area contributed by atoms with Crippen LogP contribution >= 0.6 is 11.6 Å². The largest absolute Gasteiger partial charge is 0.317 e. The van der Waals surface area contributed by atoms with E-state index in [9.17, 15) is 4.39 Å². The highest BCUT2D eigenvalue weighted by Crippen LogP contribution is 2.27. The monoisotopic (exact) mass is 215 g/mol. The lowest BCUT2D eigenvalue weighted by atomic mass is 9.94. The number of nitrogens with one attached hydrogen (secondary N) is 1. The summed E-state index contributed by atoms with van der Waals surface area (Å²) in [6, 6.07) is 4.87. The van der Waals surface area contributed by atoms with Crippen molar-refractivity contribution in [1.82, 2.24) is 5.32 Å². The molecule has 14 heavy (non-hydrogen) atoms. The highest BCUT2D eigenvalue weighted by atomic mass is 35.5. The third kappa shape index (κ3) is 2.46. The van der Waals surface area contributed by atoms with Crippen LogP contribution in [0.25, 0.3) is 0 Å². The maximum Gasteiger partial charge on any atom is 0.124 e. The van der Waals surface area contributed by atoms with Crippen molar-refractivity contribution in [3.05, 3.63) is 34.6 Å².